The summed E-state index contributed by atoms with van der Waals surface area (Å²) in [5.74, 6) is 0. The Hall–Kier alpha value is -0.980. The Kier molecular flexibility index (Phi) is 4.09. The van der Waals surface area contributed by atoms with Gasteiger partial charge >= 0.3 is 0 Å². The quantitative estimate of drug-likeness (QED) is 0.670. The van der Waals surface area contributed by atoms with Gasteiger partial charge in [-0.2, -0.15) is 0 Å². The molecule has 4 atom stereocenters. The van der Waals surface area contributed by atoms with Crippen LogP contribution in [0, 0.1) is 0 Å². The highest BCUT2D eigenvalue weighted by Crippen LogP contribution is 2.23. The van der Waals surface area contributed by atoms with Gasteiger partial charge in [-0.1, -0.05) is 30.3 Å². The number of hydrogen-bond acceptors (Lipinski definition) is 5. The lowest BCUT2D eigenvalue weighted by atomic mass is 10.1. The second kappa shape index (κ2) is 5.57. The molecule has 1 aliphatic heterocycles. The Morgan fingerprint density at radius 3 is 2.53 bits per heavy atom. The maximum Gasteiger partial charge on any atom is 0.184 e. The molecule has 94 valence electrons. The summed E-state index contributed by atoms with van der Waals surface area (Å²) >= 11 is 0. The van der Waals surface area contributed by atoms with Gasteiger partial charge in [-0.15, -0.1) is 0 Å². The van der Waals surface area contributed by atoms with E-state index in [1.54, 1.807) is 0 Å². The summed E-state index contributed by atoms with van der Waals surface area (Å²) in [6.07, 6.45) is -3.83. The molecule has 5 heteroatoms. The Bertz CT molecular complexity index is 342. The van der Waals surface area contributed by atoms with E-state index in [1.165, 1.54) is 0 Å². The van der Waals surface area contributed by atoms with Gasteiger partial charge in [0.05, 0.1) is 13.2 Å². The molecule has 1 aromatic rings. The second-order valence-corrected chi connectivity index (χ2v) is 4.00. The predicted molar refractivity (Wildman–Crippen MR) is 59.0 cm³/mol. The molecular weight excluding hydrogens is 224 g/mol. The van der Waals surface area contributed by atoms with Crippen molar-refractivity contribution in [3.05, 3.63) is 35.9 Å². The van der Waals surface area contributed by atoms with Crippen LogP contribution in [0.2, 0.25) is 0 Å². The van der Waals surface area contributed by atoms with Crippen LogP contribution in [0.4, 0.5) is 0 Å². The molecule has 5 nitrogen and oxygen atoms in total. The number of benzene rings is 1. The maximum atomic E-state index is 9.63. The van der Waals surface area contributed by atoms with Crippen LogP contribution in [0.25, 0.3) is 0 Å². The van der Waals surface area contributed by atoms with E-state index in [2.05, 4.69) is 0 Å². The molecule has 0 aromatic heterocycles. The van der Waals surface area contributed by atoms with Gasteiger partial charge in [0.15, 0.2) is 6.29 Å². The van der Waals surface area contributed by atoms with Crippen molar-refractivity contribution in [1.29, 1.82) is 0 Å². The van der Waals surface area contributed by atoms with Gasteiger partial charge in [-0.3, -0.25) is 0 Å². The highest BCUT2D eigenvalue weighted by molar-refractivity contribution is 5.13. The molecule has 1 aliphatic rings. The van der Waals surface area contributed by atoms with Gasteiger partial charge in [0.1, 0.15) is 18.3 Å². The van der Waals surface area contributed by atoms with Crippen LogP contribution in [0.1, 0.15) is 5.56 Å². The second-order valence-electron chi connectivity index (χ2n) is 4.00. The summed E-state index contributed by atoms with van der Waals surface area (Å²) in [5.41, 5.74) is 0.956. The van der Waals surface area contributed by atoms with E-state index in [9.17, 15) is 10.2 Å². The minimum Gasteiger partial charge on any atom is -0.394 e. The van der Waals surface area contributed by atoms with Crippen LogP contribution >= 0.6 is 0 Å². The Balaban J connectivity index is 1.93. The van der Waals surface area contributed by atoms with Gasteiger partial charge < -0.3 is 24.8 Å². The molecule has 0 amide bonds. The van der Waals surface area contributed by atoms with Crippen molar-refractivity contribution in [2.75, 3.05) is 6.61 Å². The molecule has 0 bridgehead atoms. The van der Waals surface area contributed by atoms with Crippen LogP contribution < -0.4 is 0 Å². The summed E-state index contributed by atoms with van der Waals surface area (Å²) in [6, 6.07) is 9.47. The maximum absolute atomic E-state index is 9.63. The summed E-state index contributed by atoms with van der Waals surface area (Å²) in [7, 11) is 0. The first-order chi connectivity index (χ1) is 8.22. The van der Waals surface area contributed by atoms with E-state index in [4.69, 9.17) is 14.6 Å². The number of hydrogen-bond donors (Lipinski definition) is 3. The number of ether oxygens (including phenoxy) is 2. The fraction of sp³-hybridized carbons (Fsp3) is 0.500. The van der Waals surface area contributed by atoms with Crippen molar-refractivity contribution < 1.29 is 24.8 Å². The highest BCUT2D eigenvalue weighted by atomic mass is 16.7. The lowest BCUT2D eigenvalue weighted by Gasteiger charge is -2.19. The van der Waals surface area contributed by atoms with Crippen molar-refractivity contribution >= 4 is 0 Å². The van der Waals surface area contributed by atoms with Crippen molar-refractivity contribution in [1.82, 2.24) is 0 Å². The van der Waals surface area contributed by atoms with Crippen LogP contribution in [0.15, 0.2) is 30.3 Å². The molecule has 0 aliphatic carbocycles. The number of aliphatic hydroxyl groups excluding tert-OH is 3. The zero-order valence-corrected chi connectivity index (χ0v) is 9.27. The average Bonchev–Trinajstić information content (AvgIpc) is 2.64. The van der Waals surface area contributed by atoms with Crippen molar-refractivity contribution in [2.45, 2.75) is 31.2 Å². The first-order valence-electron chi connectivity index (χ1n) is 5.50. The topological polar surface area (TPSA) is 79.2 Å². The van der Waals surface area contributed by atoms with E-state index in [1.807, 2.05) is 30.3 Å². The van der Waals surface area contributed by atoms with Gasteiger partial charge in [-0.05, 0) is 5.56 Å². The lowest BCUT2D eigenvalue weighted by Crippen LogP contribution is -2.36. The third-order valence-electron chi connectivity index (χ3n) is 2.77. The summed E-state index contributed by atoms with van der Waals surface area (Å²) in [4.78, 5) is 0. The molecule has 2 rings (SSSR count). The summed E-state index contributed by atoms with van der Waals surface area (Å²) in [5, 5.41) is 28.0. The zero-order chi connectivity index (χ0) is 12.3. The normalized spacial score (nSPS) is 32.9. The van der Waals surface area contributed by atoms with E-state index < -0.39 is 24.6 Å². The van der Waals surface area contributed by atoms with Gasteiger partial charge in [-0.25, -0.2) is 0 Å². The molecule has 0 saturated carbocycles. The van der Waals surface area contributed by atoms with E-state index in [0.717, 1.165) is 5.56 Å². The van der Waals surface area contributed by atoms with Crippen molar-refractivity contribution in [3.63, 3.8) is 0 Å². The lowest BCUT2D eigenvalue weighted by molar-refractivity contribution is -0.132. The minimum atomic E-state index is -1.30. The van der Waals surface area contributed by atoms with Crippen LogP contribution in [-0.2, 0) is 16.1 Å². The number of rotatable bonds is 4. The fourth-order valence-electron chi connectivity index (χ4n) is 1.84. The molecule has 0 unspecified atom stereocenters. The Labute approximate surface area is 99.2 Å². The molecule has 0 radical (unpaired) electrons. The van der Waals surface area contributed by atoms with Crippen molar-refractivity contribution in [2.24, 2.45) is 0 Å². The predicted octanol–water partition coefficient (Wildman–Crippen LogP) is -0.358. The molecule has 0 spiro atoms. The summed E-state index contributed by atoms with van der Waals surface area (Å²) < 4.78 is 10.4. The molecular formula is C12H16O5. The number of aliphatic hydroxyl groups is 3. The Morgan fingerprint density at radius 1 is 1.18 bits per heavy atom. The Morgan fingerprint density at radius 2 is 1.88 bits per heavy atom. The summed E-state index contributed by atoms with van der Waals surface area (Å²) in [6.45, 7) is 0.00270. The largest absolute Gasteiger partial charge is 0.394 e. The average molecular weight is 240 g/mol. The first-order valence-corrected chi connectivity index (χ1v) is 5.50. The van der Waals surface area contributed by atoms with E-state index in [0.29, 0.717) is 6.61 Å². The standard InChI is InChI=1S/C12H16O5/c13-6-9-11(10(14)12(15)17-9)16-7-8-4-2-1-3-5-8/h1-5,9-15H,6-7H2/t9-,10-,11-,12-/m0/s1. The van der Waals surface area contributed by atoms with E-state index in [-0.39, 0.29) is 6.61 Å². The van der Waals surface area contributed by atoms with Crippen LogP contribution in [0.5, 0.6) is 0 Å². The fourth-order valence-corrected chi connectivity index (χ4v) is 1.84. The van der Waals surface area contributed by atoms with Crippen molar-refractivity contribution in [3.8, 4) is 0 Å². The zero-order valence-electron chi connectivity index (χ0n) is 9.27. The molecule has 1 aromatic carbocycles. The van der Waals surface area contributed by atoms with Gasteiger partial charge in [0, 0.05) is 0 Å². The van der Waals surface area contributed by atoms with Gasteiger partial charge in [0.2, 0.25) is 0 Å². The first kappa shape index (κ1) is 12.5. The molecule has 3 N–H and O–H groups in total. The van der Waals surface area contributed by atoms with Crippen LogP contribution in [-0.4, -0.2) is 46.5 Å². The minimum absolute atomic E-state index is 0.298. The molecule has 1 heterocycles. The van der Waals surface area contributed by atoms with Gasteiger partial charge in [0.25, 0.3) is 0 Å². The molecule has 1 saturated heterocycles. The van der Waals surface area contributed by atoms with E-state index >= 15 is 0 Å². The molecule has 17 heavy (non-hydrogen) atoms. The highest BCUT2D eigenvalue weighted by Gasteiger charge is 2.43. The SMILES string of the molecule is OC[C@@H]1O[C@H](O)[C@@H](O)[C@H]1OCc1ccccc1. The van der Waals surface area contributed by atoms with Crippen LogP contribution in [0.3, 0.4) is 0 Å². The monoisotopic (exact) mass is 240 g/mol. The third kappa shape index (κ3) is 2.83. The molecule has 1 fully saturated rings. The smallest absolute Gasteiger partial charge is 0.184 e. The third-order valence-corrected chi connectivity index (χ3v) is 2.77.